The lowest BCUT2D eigenvalue weighted by molar-refractivity contribution is 0.191. The number of halogens is 2. The number of rotatable bonds is 9. The van der Waals surface area contributed by atoms with Gasteiger partial charge in [-0.2, -0.15) is 0 Å². The maximum atomic E-state index is 14.4. The SMILES string of the molecule is COCCCN(CCOC)c1ccc(CN)c(Br)c1F. The number of methoxy groups -OCH3 is 2. The first-order chi connectivity index (χ1) is 9.65. The van der Waals surface area contributed by atoms with E-state index >= 15 is 0 Å². The Morgan fingerprint density at radius 1 is 1.20 bits per heavy atom. The first-order valence-electron chi connectivity index (χ1n) is 6.55. The van der Waals surface area contributed by atoms with Crippen molar-refractivity contribution in [2.75, 3.05) is 45.4 Å². The molecule has 0 bridgehead atoms. The molecule has 0 unspecified atom stereocenters. The van der Waals surface area contributed by atoms with Crippen LogP contribution in [0.2, 0.25) is 0 Å². The molecule has 1 aromatic carbocycles. The molecule has 1 aromatic rings. The zero-order valence-electron chi connectivity index (χ0n) is 12.0. The largest absolute Gasteiger partial charge is 0.385 e. The van der Waals surface area contributed by atoms with Gasteiger partial charge in [0.2, 0.25) is 0 Å². The molecule has 0 saturated heterocycles. The average molecular weight is 349 g/mol. The Kier molecular flexibility index (Phi) is 8.06. The normalized spacial score (nSPS) is 10.8. The van der Waals surface area contributed by atoms with Crippen LogP contribution in [-0.2, 0) is 16.0 Å². The highest BCUT2D eigenvalue weighted by Crippen LogP contribution is 2.29. The third kappa shape index (κ3) is 4.70. The minimum absolute atomic E-state index is 0.276. The number of nitrogens with zero attached hydrogens (tertiary/aromatic N) is 1. The predicted octanol–water partition coefficient (Wildman–Crippen LogP) is 2.54. The number of benzene rings is 1. The van der Waals surface area contributed by atoms with Crippen molar-refractivity contribution in [3.63, 3.8) is 0 Å². The van der Waals surface area contributed by atoms with Crippen LogP contribution in [0, 0.1) is 5.82 Å². The van der Waals surface area contributed by atoms with E-state index in [0.717, 1.165) is 12.0 Å². The molecule has 0 aliphatic heterocycles. The summed E-state index contributed by atoms with van der Waals surface area (Å²) in [5.74, 6) is -0.276. The van der Waals surface area contributed by atoms with Gasteiger partial charge in [-0.25, -0.2) is 4.39 Å². The van der Waals surface area contributed by atoms with Gasteiger partial charge < -0.3 is 20.1 Å². The molecule has 6 heteroatoms. The molecule has 0 aliphatic rings. The monoisotopic (exact) mass is 348 g/mol. The standard InChI is InChI=1S/C14H22BrFN2O2/c1-19-8-3-6-18(7-9-20-2)12-5-4-11(10-17)13(15)14(12)16/h4-5H,3,6-10,17H2,1-2H3. The molecule has 20 heavy (non-hydrogen) atoms. The summed E-state index contributed by atoms with van der Waals surface area (Å²) < 4.78 is 25.0. The van der Waals surface area contributed by atoms with Gasteiger partial charge in [0.25, 0.3) is 0 Å². The highest BCUT2D eigenvalue weighted by Gasteiger charge is 2.16. The van der Waals surface area contributed by atoms with Crippen LogP contribution >= 0.6 is 15.9 Å². The summed E-state index contributed by atoms with van der Waals surface area (Å²) >= 11 is 3.27. The number of hydrogen-bond acceptors (Lipinski definition) is 4. The van der Waals surface area contributed by atoms with Crippen LogP contribution in [0.5, 0.6) is 0 Å². The predicted molar refractivity (Wildman–Crippen MR) is 82.6 cm³/mol. The van der Waals surface area contributed by atoms with Gasteiger partial charge in [0.15, 0.2) is 5.82 Å². The molecule has 2 N–H and O–H groups in total. The van der Waals surface area contributed by atoms with Crippen LogP contribution in [-0.4, -0.2) is 40.5 Å². The van der Waals surface area contributed by atoms with Crippen LogP contribution in [0.1, 0.15) is 12.0 Å². The number of anilines is 1. The van der Waals surface area contributed by atoms with Crippen molar-refractivity contribution < 1.29 is 13.9 Å². The molecular formula is C14H22BrFN2O2. The molecular weight excluding hydrogens is 327 g/mol. The van der Waals surface area contributed by atoms with Crippen LogP contribution in [0.15, 0.2) is 16.6 Å². The minimum atomic E-state index is -0.276. The van der Waals surface area contributed by atoms with Gasteiger partial charge in [0, 0.05) is 40.5 Å². The molecule has 0 radical (unpaired) electrons. The molecule has 0 amide bonds. The van der Waals surface area contributed by atoms with E-state index in [0.29, 0.717) is 43.0 Å². The summed E-state index contributed by atoms with van der Waals surface area (Å²) in [6.45, 7) is 2.84. The van der Waals surface area contributed by atoms with Gasteiger partial charge in [0.1, 0.15) is 0 Å². The van der Waals surface area contributed by atoms with Crippen molar-refractivity contribution in [2.24, 2.45) is 5.73 Å². The van der Waals surface area contributed by atoms with Crippen LogP contribution in [0.25, 0.3) is 0 Å². The third-order valence-corrected chi connectivity index (χ3v) is 3.90. The van der Waals surface area contributed by atoms with Gasteiger partial charge >= 0.3 is 0 Å². The fourth-order valence-electron chi connectivity index (χ4n) is 1.94. The molecule has 0 saturated carbocycles. The Balaban J connectivity index is 2.91. The maximum Gasteiger partial charge on any atom is 0.160 e. The van der Waals surface area contributed by atoms with Crippen LogP contribution in [0.3, 0.4) is 0 Å². The van der Waals surface area contributed by atoms with E-state index in [1.807, 2.05) is 11.0 Å². The van der Waals surface area contributed by atoms with E-state index in [4.69, 9.17) is 15.2 Å². The first-order valence-corrected chi connectivity index (χ1v) is 7.34. The summed E-state index contributed by atoms with van der Waals surface area (Å²) in [5, 5.41) is 0. The van der Waals surface area contributed by atoms with Crippen molar-refractivity contribution in [3.05, 3.63) is 28.0 Å². The molecule has 0 atom stereocenters. The molecule has 0 spiro atoms. The van der Waals surface area contributed by atoms with Crippen molar-refractivity contribution in [1.82, 2.24) is 0 Å². The van der Waals surface area contributed by atoms with Crippen molar-refractivity contribution in [2.45, 2.75) is 13.0 Å². The highest BCUT2D eigenvalue weighted by atomic mass is 79.9. The topological polar surface area (TPSA) is 47.7 Å². The average Bonchev–Trinajstić information content (AvgIpc) is 2.46. The molecule has 1 rings (SSSR count). The Labute approximate surface area is 128 Å². The van der Waals surface area contributed by atoms with Crippen molar-refractivity contribution >= 4 is 21.6 Å². The molecule has 0 aromatic heterocycles. The number of hydrogen-bond donors (Lipinski definition) is 1. The Bertz CT molecular complexity index is 418. The molecule has 0 fully saturated rings. The lowest BCUT2D eigenvalue weighted by atomic mass is 10.1. The highest BCUT2D eigenvalue weighted by molar-refractivity contribution is 9.10. The second kappa shape index (κ2) is 9.28. The van der Waals surface area contributed by atoms with Gasteiger partial charge in [-0.15, -0.1) is 0 Å². The lowest BCUT2D eigenvalue weighted by Crippen LogP contribution is -2.30. The Morgan fingerprint density at radius 2 is 1.90 bits per heavy atom. The van der Waals surface area contributed by atoms with Crippen LogP contribution < -0.4 is 10.6 Å². The van der Waals surface area contributed by atoms with E-state index in [2.05, 4.69) is 15.9 Å². The van der Waals surface area contributed by atoms with Crippen molar-refractivity contribution in [3.8, 4) is 0 Å². The van der Waals surface area contributed by atoms with E-state index in [1.54, 1.807) is 20.3 Å². The Hall–Kier alpha value is -0.690. The van der Waals surface area contributed by atoms with Gasteiger partial charge in [-0.05, 0) is 34.0 Å². The fourth-order valence-corrected chi connectivity index (χ4v) is 2.43. The summed E-state index contributed by atoms with van der Waals surface area (Å²) in [6.07, 6.45) is 0.829. The zero-order chi connectivity index (χ0) is 15.0. The molecule has 0 heterocycles. The van der Waals surface area contributed by atoms with E-state index in [-0.39, 0.29) is 5.82 Å². The summed E-state index contributed by atoms with van der Waals surface area (Å²) in [7, 11) is 3.30. The van der Waals surface area contributed by atoms with Crippen LogP contribution in [0.4, 0.5) is 10.1 Å². The Morgan fingerprint density at radius 3 is 2.50 bits per heavy atom. The molecule has 0 aliphatic carbocycles. The van der Waals surface area contributed by atoms with Gasteiger partial charge in [-0.3, -0.25) is 0 Å². The summed E-state index contributed by atoms with van der Waals surface area (Å²) in [4.78, 5) is 1.96. The number of nitrogens with two attached hydrogens (primary N) is 1. The minimum Gasteiger partial charge on any atom is -0.385 e. The van der Waals surface area contributed by atoms with E-state index in [1.165, 1.54) is 0 Å². The lowest BCUT2D eigenvalue weighted by Gasteiger charge is -2.25. The molecule has 114 valence electrons. The van der Waals surface area contributed by atoms with Gasteiger partial charge in [-0.1, -0.05) is 6.07 Å². The van der Waals surface area contributed by atoms with E-state index < -0.39 is 0 Å². The smallest absolute Gasteiger partial charge is 0.160 e. The van der Waals surface area contributed by atoms with E-state index in [9.17, 15) is 4.39 Å². The second-order valence-electron chi connectivity index (χ2n) is 4.40. The first kappa shape index (κ1) is 17.4. The molecule has 4 nitrogen and oxygen atoms in total. The van der Waals surface area contributed by atoms with Gasteiger partial charge in [0.05, 0.1) is 16.8 Å². The van der Waals surface area contributed by atoms with Crippen molar-refractivity contribution in [1.29, 1.82) is 0 Å². The third-order valence-electron chi connectivity index (χ3n) is 3.04. The second-order valence-corrected chi connectivity index (χ2v) is 5.20. The quantitative estimate of drug-likeness (QED) is 0.696. The summed E-state index contributed by atoms with van der Waals surface area (Å²) in [6, 6.07) is 3.61. The fraction of sp³-hybridized carbons (Fsp3) is 0.571. The summed E-state index contributed by atoms with van der Waals surface area (Å²) in [5.41, 5.74) is 6.89. The number of ether oxygens (including phenoxy) is 2. The maximum absolute atomic E-state index is 14.4. The zero-order valence-corrected chi connectivity index (χ0v) is 13.6.